The molecule has 2 aromatic carbocycles. The van der Waals surface area contributed by atoms with Crippen molar-refractivity contribution in [2.24, 2.45) is 5.16 Å². The smallest absolute Gasteiger partial charge is 0.159 e. The van der Waals surface area contributed by atoms with Crippen LogP contribution in [0.5, 0.6) is 0 Å². The van der Waals surface area contributed by atoms with Crippen LogP contribution in [0.15, 0.2) is 47.6 Å². The minimum Gasteiger partial charge on any atom is -0.390 e. The van der Waals surface area contributed by atoms with Crippen molar-refractivity contribution in [3.05, 3.63) is 70.2 Å². The van der Waals surface area contributed by atoms with Gasteiger partial charge in [-0.15, -0.1) is 0 Å². The molecule has 19 heavy (non-hydrogen) atoms. The molecule has 0 spiro atoms. The molecule has 0 N–H and O–H groups in total. The maximum Gasteiger partial charge on any atom is 0.159 e. The van der Waals surface area contributed by atoms with Gasteiger partial charge in [-0.2, -0.15) is 0 Å². The molecule has 0 atom stereocenters. The first-order chi connectivity index (χ1) is 9.16. The third kappa shape index (κ3) is 3.76. The first-order valence-corrected chi connectivity index (χ1v) is 5.81. The second kappa shape index (κ2) is 6.29. The highest BCUT2D eigenvalue weighted by atomic mass is 35.5. The van der Waals surface area contributed by atoms with Crippen LogP contribution in [0.1, 0.15) is 11.1 Å². The minimum atomic E-state index is -0.917. The van der Waals surface area contributed by atoms with Crippen molar-refractivity contribution >= 4 is 17.8 Å². The van der Waals surface area contributed by atoms with E-state index in [1.807, 2.05) is 0 Å². The van der Waals surface area contributed by atoms with Crippen LogP contribution in [0, 0.1) is 11.6 Å². The summed E-state index contributed by atoms with van der Waals surface area (Å²) in [6, 6.07) is 10.5. The predicted octanol–water partition coefficient (Wildman–Crippen LogP) is 4.05. The van der Waals surface area contributed by atoms with Crippen molar-refractivity contribution in [2.45, 2.75) is 6.61 Å². The summed E-state index contributed by atoms with van der Waals surface area (Å²) in [5.41, 5.74) is 1.07. The van der Waals surface area contributed by atoms with Crippen LogP contribution in [0.4, 0.5) is 8.78 Å². The summed E-state index contributed by atoms with van der Waals surface area (Å²) in [5, 5.41) is 4.10. The standard InChI is InChI=1S/C14H9ClF2NO/c15-12-4-2-1-3-11(12)8-18-19-9-10-5-6-13(16)14(17)7-10/h1-7H,9H2. The van der Waals surface area contributed by atoms with Gasteiger partial charge >= 0.3 is 0 Å². The van der Waals surface area contributed by atoms with Crippen LogP contribution in [-0.2, 0) is 11.4 Å². The van der Waals surface area contributed by atoms with Gasteiger partial charge in [0.2, 0.25) is 0 Å². The van der Waals surface area contributed by atoms with Gasteiger partial charge in [-0.1, -0.05) is 41.0 Å². The Balaban J connectivity index is 1.93. The quantitative estimate of drug-likeness (QED) is 0.612. The molecule has 2 nitrogen and oxygen atoms in total. The second-order valence-electron chi connectivity index (χ2n) is 3.70. The van der Waals surface area contributed by atoms with Crippen LogP contribution >= 0.6 is 11.6 Å². The second-order valence-corrected chi connectivity index (χ2v) is 4.11. The number of nitrogens with zero attached hydrogens (tertiary/aromatic N) is 1. The van der Waals surface area contributed by atoms with Gasteiger partial charge in [0.25, 0.3) is 0 Å². The fraction of sp³-hybridized carbons (Fsp3) is 0.0714. The fourth-order valence-electron chi connectivity index (χ4n) is 1.37. The van der Waals surface area contributed by atoms with E-state index in [0.29, 0.717) is 16.1 Å². The first kappa shape index (κ1) is 13.5. The lowest BCUT2D eigenvalue weighted by atomic mass is 10.2. The van der Waals surface area contributed by atoms with Crippen LogP contribution < -0.4 is 0 Å². The van der Waals surface area contributed by atoms with E-state index in [4.69, 9.17) is 16.4 Å². The highest BCUT2D eigenvalue weighted by Crippen LogP contribution is 2.13. The summed E-state index contributed by atoms with van der Waals surface area (Å²) >= 11 is 5.89. The van der Waals surface area contributed by atoms with Crippen molar-refractivity contribution in [2.75, 3.05) is 0 Å². The van der Waals surface area contributed by atoms with Gasteiger partial charge in [0.15, 0.2) is 11.6 Å². The number of halogens is 3. The zero-order valence-corrected chi connectivity index (χ0v) is 10.5. The van der Waals surface area contributed by atoms with Crippen molar-refractivity contribution in [1.29, 1.82) is 0 Å². The Labute approximate surface area is 114 Å². The van der Waals surface area contributed by atoms with Crippen LogP contribution in [0.25, 0.3) is 0 Å². The van der Waals surface area contributed by atoms with E-state index < -0.39 is 11.6 Å². The monoisotopic (exact) mass is 280 g/mol. The van der Waals surface area contributed by atoms with Gasteiger partial charge in [0.05, 0.1) is 5.02 Å². The van der Waals surface area contributed by atoms with Gasteiger partial charge in [-0.3, -0.25) is 0 Å². The number of benzene rings is 2. The maximum atomic E-state index is 12.9. The average Bonchev–Trinajstić information content (AvgIpc) is 2.40. The molecule has 0 bridgehead atoms. The fourth-order valence-corrected chi connectivity index (χ4v) is 1.55. The molecular formula is C14H9ClF2NO. The Morgan fingerprint density at radius 3 is 2.63 bits per heavy atom. The van der Waals surface area contributed by atoms with E-state index in [2.05, 4.69) is 11.4 Å². The zero-order chi connectivity index (χ0) is 13.7. The first-order valence-electron chi connectivity index (χ1n) is 5.43. The molecule has 0 fully saturated rings. The molecule has 1 radical (unpaired) electrons. The summed E-state index contributed by atoms with van der Waals surface area (Å²) in [6.07, 6.45) is 2.61. The Morgan fingerprint density at radius 1 is 1.11 bits per heavy atom. The topological polar surface area (TPSA) is 21.6 Å². The van der Waals surface area contributed by atoms with E-state index in [1.165, 1.54) is 6.07 Å². The lowest BCUT2D eigenvalue weighted by Gasteiger charge is -2.00. The SMILES string of the molecule is Fc1ccc(CO/N=[C]\c2ccccc2Cl)cc1F. The third-order valence-corrected chi connectivity index (χ3v) is 2.65. The van der Waals surface area contributed by atoms with Gasteiger partial charge in [0, 0.05) is 5.56 Å². The Kier molecular flexibility index (Phi) is 4.47. The molecule has 0 saturated heterocycles. The number of hydrogen-bond acceptors (Lipinski definition) is 2. The van der Waals surface area contributed by atoms with E-state index in [0.717, 1.165) is 12.1 Å². The number of hydrogen-bond donors (Lipinski definition) is 0. The molecule has 0 aromatic heterocycles. The van der Waals surface area contributed by atoms with Gasteiger partial charge in [-0.05, 0) is 23.8 Å². The largest absolute Gasteiger partial charge is 0.390 e. The minimum absolute atomic E-state index is 0.0225. The average molecular weight is 281 g/mol. The maximum absolute atomic E-state index is 12.9. The third-order valence-electron chi connectivity index (χ3n) is 2.32. The molecule has 5 heteroatoms. The van der Waals surface area contributed by atoms with Crippen LogP contribution in [0.2, 0.25) is 5.02 Å². The van der Waals surface area contributed by atoms with E-state index in [9.17, 15) is 8.78 Å². The van der Waals surface area contributed by atoms with Gasteiger partial charge < -0.3 is 4.84 Å². The summed E-state index contributed by atoms with van der Waals surface area (Å²) in [5.74, 6) is -1.81. The molecule has 0 amide bonds. The van der Waals surface area contributed by atoms with Crippen molar-refractivity contribution in [1.82, 2.24) is 0 Å². The molecule has 0 saturated carbocycles. The molecule has 0 aliphatic rings. The molecular weight excluding hydrogens is 272 g/mol. The molecule has 0 heterocycles. The molecule has 2 rings (SSSR count). The van der Waals surface area contributed by atoms with Crippen molar-refractivity contribution in [3.8, 4) is 0 Å². The summed E-state index contributed by atoms with van der Waals surface area (Å²) < 4.78 is 25.6. The molecule has 97 valence electrons. The Morgan fingerprint density at radius 2 is 1.89 bits per heavy atom. The normalized spacial score (nSPS) is 10.9. The number of rotatable bonds is 4. The Hall–Kier alpha value is -1.94. The summed E-state index contributed by atoms with van der Waals surface area (Å²) in [6.45, 7) is 0.0225. The summed E-state index contributed by atoms with van der Waals surface area (Å²) in [7, 11) is 0. The Bertz CT molecular complexity index is 602. The van der Waals surface area contributed by atoms with Crippen LogP contribution in [-0.4, -0.2) is 6.21 Å². The molecule has 0 aliphatic heterocycles. The molecule has 2 aromatic rings. The van der Waals surface area contributed by atoms with Gasteiger partial charge in [0.1, 0.15) is 12.8 Å². The molecule has 0 unspecified atom stereocenters. The highest BCUT2D eigenvalue weighted by Gasteiger charge is 2.02. The van der Waals surface area contributed by atoms with Crippen molar-refractivity contribution < 1.29 is 13.6 Å². The van der Waals surface area contributed by atoms with Crippen molar-refractivity contribution in [3.63, 3.8) is 0 Å². The highest BCUT2D eigenvalue weighted by molar-refractivity contribution is 6.33. The lowest BCUT2D eigenvalue weighted by Crippen LogP contribution is -1.92. The van der Waals surface area contributed by atoms with Gasteiger partial charge in [-0.25, -0.2) is 8.78 Å². The lowest BCUT2D eigenvalue weighted by molar-refractivity contribution is 0.132. The van der Waals surface area contributed by atoms with E-state index in [1.54, 1.807) is 24.3 Å². The van der Waals surface area contributed by atoms with E-state index in [-0.39, 0.29) is 6.61 Å². The predicted molar refractivity (Wildman–Crippen MR) is 69.1 cm³/mol. The van der Waals surface area contributed by atoms with Crippen LogP contribution in [0.3, 0.4) is 0 Å². The summed E-state index contributed by atoms with van der Waals surface area (Å²) in [4.78, 5) is 4.94. The van der Waals surface area contributed by atoms with E-state index >= 15 is 0 Å². The zero-order valence-electron chi connectivity index (χ0n) is 9.74. The molecule has 0 aliphatic carbocycles.